The molecule has 0 spiro atoms. The first-order chi connectivity index (χ1) is 14.8. The van der Waals surface area contributed by atoms with E-state index in [2.05, 4.69) is 10.6 Å². The van der Waals surface area contributed by atoms with E-state index in [0.29, 0.717) is 25.3 Å². The number of ether oxygens (including phenoxy) is 1. The highest BCUT2D eigenvalue weighted by Crippen LogP contribution is 2.36. The van der Waals surface area contributed by atoms with E-state index in [9.17, 15) is 18.0 Å². The summed E-state index contributed by atoms with van der Waals surface area (Å²) >= 11 is 0. The summed E-state index contributed by atoms with van der Waals surface area (Å²) in [5.74, 6) is -0.470. The van der Waals surface area contributed by atoms with Gasteiger partial charge in [-0.15, -0.1) is 0 Å². The van der Waals surface area contributed by atoms with E-state index in [1.807, 2.05) is 24.3 Å². The van der Waals surface area contributed by atoms with Gasteiger partial charge in [0.05, 0.1) is 17.5 Å². The molecule has 2 N–H and O–H groups in total. The van der Waals surface area contributed by atoms with Crippen LogP contribution < -0.4 is 10.6 Å². The second-order valence-electron chi connectivity index (χ2n) is 7.33. The Kier molecular flexibility index (Phi) is 7.42. The number of nitrogens with one attached hydrogen (secondary N) is 2. The number of nitrogens with zero attached hydrogens (tertiary/aromatic N) is 1. The Morgan fingerprint density at radius 1 is 1.13 bits per heavy atom. The van der Waals surface area contributed by atoms with Crippen LogP contribution in [-0.2, 0) is 30.8 Å². The predicted octanol–water partition coefficient (Wildman–Crippen LogP) is 2.09. The summed E-state index contributed by atoms with van der Waals surface area (Å²) in [5, 5.41) is 5.40. The van der Waals surface area contributed by atoms with Crippen molar-refractivity contribution in [3.05, 3.63) is 59.7 Å². The quantitative estimate of drug-likeness (QED) is 0.606. The lowest BCUT2D eigenvalue weighted by Gasteiger charge is -2.36. The number of sulfonamides is 1. The first-order valence-electron chi connectivity index (χ1n) is 10.1. The second-order valence-corrected chi connectivity index (χ2v) is 9.22. The van der Waals surface area contributed by atoms with Gasteiger partial charge in [-0.2, -0.15) is 4.31 Å². The van der Waals surface area contributed by atoms with Crippen molar-refractivity contribution in [2.45, 2.75) is 30.7 Å². The minimum absolute atomic E-state index is 0.0178. The van der Waals surface area contributed by atoms with Crippen molar-refractivity contribution in [2.24, 2.45) is 0 Å². The van der Waals surface area contributed by atoms with Crippen LogP contribution in [0.3, 0.4) is 0 Å². The summed E-state index contributed by atoms with van der Waals surface area (Å²) in [5.41, 5.74) is 2.41. The molecule has 0 bridgehead atoms. The van der Waals surface area contributed by atoms with Gasteiger partial charge in [-0.1, -0.05) is 24.3 Å². The lowest BCUT2D eigenvalue weighted by molar-refractivity contribution is -0.122. The van der Waals surface area contributed by atoms with Gasteiger partial charge < -0.3 is 15.4 Å². The van der Waals surface area contributed by atoms with Crippen molar-refractivity contribution in [3.8, 4) is 0 Å². The summed E-state index contributed by atoms with van der Waals surface area (Å²) in [6.07, 6.45) is 0.588. The summed E-state index contributed by atoms with van der Waals surface area (Å²) < 4.78 is 33.3. The van der Waals surface area contributed by atoms with Gasteiger partial charge in [-0.3, -0.25) is 9.59 Å². The maximum atomic E-state index is 13.5. The number of hydrogen-bond acceptors (Lipinski definition) is 5. The van der Waals surface area contributed by atoms with E-state index in [1.165, 1.54) is 23.4 Å². The zero-order chi connectivity index (χ0) is 22.4. The molecule has 9 heteroatoms. The number of rotatable bonds is 8. The van der Waals surface area contributed by atoms with Gasteiger partial charge in [0.1, 0.15) is 0 Å². The fourth-order valence-corrected chi connectivity index (χ4v) is 5.32. The van der Waals surface area contributed by atoms with Gasteiger partial charge in [-0.25, -0.2) is 8.42 Å². The van der Waals surface area contributed by atoms with Crippen molar-refractivity contribution in [1.29, 1.82) is 0 Å². The van der Waals surface area contributed by atoms with Gasteiger partial charge in [-0.05, 0) is 41.8 Å². The van der Waals surface area contributed by atoms with E-state index in [1.54, 1.807) is 19.2 Å². The van der Waals surface area contributed by atoms with Crippen LogP contribution >= 0.6 is 0 Å². The Morgan fingerprint density at radius 2 is 1.84 bits per heavy atom. The molecular formula is C22H27N3O5S. The zero-order valence-electron chi connectivity index (χ0n) is 17.6. The number of hydrogen-bond donors (Lipinski definition) is 2. The SMILES string of the molecule is COCCNC(=O)C[C@@H]1c2ccccc2CCN1S(=O)(=O)c1ccc(NC(C)=O)cc1. The number of carbonyl (C=O) groups excluding carboxylic acids is 2. The van der Waals surface area contributed by atoms with Crippen LogP contribution in [0.15, 0.2) is 53.4 Å². The monoisotopic (exact) mass is 445 g/mol. The minimum atomic E-state index is -3.85. The molecule has 1 heterocycles. The van der Waals surface area contributed by atoms with E-state index in [0.717, 1.165) is 11.1 Å². The third-order valence-corrected chi connectivity index (χ3v) is 7.07. The molecule has 0 saturated carbocycles. The maximum absolute atomic E-state index is 13.5. The number of methoxy groups -OCH3 is 1. The molecule has 0 fully saturated rings. The van der Waals surface area contributed by atoms with Crippen LogP contribution in [0.25, 0.3) is 0 Å². The normalized spacial score (nSPS) is 16.4. The molecule has 0 unspecified atom stereocenters. The highest BCUT2D eigenvalue weighted by atomic mass is 32.2. The fourth-order valence-electron chi connectivity index (χ4n) is 3.72. The highest BCUT2D eigenvalue weighted by Gasteiger charge is 2.37. The lowest BCUT2D eigenvalue weighted by Crippen LogP contribution is -2.42. The Morgan fingerprint density at radius 3 is 2.52 bits per heavy atom. The minimum Gasteiger partial charge on any atom is -0.383 e. The topological polar surface area (TPSA) is 105 Å². The number of anilines is 1. The molecule has 2 amide bonds. The van der Waals surface area contributed by atoms with E-state index in [-0.39, 0.29) is 29.7 Å². The Hall–Kier alpha value is -2.75. The first kappa shape index (κ1) is 22.9. The fraction of sp³-hybridized carbons (Fsp3) is 0.364. The molecule has 2 aromatic rings. The Labute approximate surface area is 182 Å². The van der Waals surface area contributed by atoms with Crippen molar-refractivity contribution in [1.82, 2.24) is 9.62 Å². The third kappa shape index (κ3) is 5.49. The van der Waals surface area contributed by atoms with Crippen LogP contribution in [0.2, 0.25) is 0 Å². The van der Waals surface area contributed by atoms with Crippen LogP contribution in [-0.4, -0.2) is 51.3 Å². The van der Waals surface area contributed by atoms with Crippen LogP contribution in [0, 0.1) is 0 Å². The van der Waals surface area contributed by atoms with Gasteiger partial charge in [0.2, 0.25) is 21.8 Å². The average molecular weight is 446 g/mol. The highest BCUT2D eigenvalue weighted by molar-refractivity contribution is 7.89. The van der Waals surface area contributed by atoms with Gasteiger partial charge in [0.15, 0.2) is 0 Å². The average Bonchev–Trinajstić information content (AvgIpc) is 2.74. The smallest absolute Gasteiger partial charge is 0.243 e. The standard InChI is InChI=1S/C22H27N3O5S/c1-16(26)24-18-7-9-19(10-8-18)31(28,29)25-13-11-17-5-3-4-6-20(17)21(25)15-22(27)23-12-14-30-2/h3-10,21H,11-15H2,1-2H3,(H,23,27)(H,24,26)/t21-/m1/s1. The maximum Gasteiger partial charge on any atom is 0.243 e. The number of carbonyl (C=O) groups is 2. The van der Waals surface area contributed by atoms with Crippen molar-refractivity contribution in [2.75, 3.05) is 32.1 Å². The van der Waals surface area contributed by atoms with E-state index < -0.39 is 16.1 Å². The van der Waals surface area contributed by atoms with E-state index in [4.69, 9.17) is 4.74 Å². The molecule has 2 aromatic carbocycles. The van der Waals surface area contributed by atoms with Gasteiger partial charge >= 0.3 is 0 Å². The van der Waals surface area contributed by atoms with Gasteiger partial charge in [0, 0.05) is 39.2 Å². The summed E-state index contributed by atoms with van der Waals surface area (Å²) in [6, 6.07) is 13.1. The van der Waals surface area contributed by atoms with Crippen molar-refractivity contribution in [3.63, 3.8) is 0 Å². The molecule has 0 aliphatic carbocycles. The van der Waals surface area contributed by atoms with Crippen LogP contribution in [0.5, 0.6) is 0 Å². The zero-order valence-corrected chi connectivity index (χ0v) is 18.4. The molecule has 1 aliphatic heterocycles. The Bertz CT molecular complexity index is 1040. The van der Waals surface area contributed by atoms with Crippen LogP contribution in [0.4, 0.5) is 5.69 Å². The molecule has 166 valence electrons. The van der Waals surface area contributed by atoms with Crippen molar-refractivity contribution >= 4 is 27.5 Å². The summed E-state index contributed by atoms with van der Waals surface area (Å²) in [6.45, 7) is 2.41. The van der Waals surface area contributed by atoms with Crippen molar-refractivity contribution < 1.29 is 22.7 Å². The molecule has 1 aliphatic rings. The van der Waals surface area contributed by atoms with E-state index >= 15 is 0 Å². The number of amides is 2. The number of fused-ring (bicyclic) bond motifs is 1. The number of benzene rings is 2. The molecule has 0 saturated heterocycles. The third-order valence-electron chi connectivity index (χ3n) is 5.15. The van der Waals surface area contributed by atoms with Gasteiger partial charge in [0.25, 0.3) is 0 Å². The first-order valence-corrected chi connectivity index (χ1v) is 11.5. The second kappa shape index (κ2) is 10.0. The lowest BCUT2D eigenvalue weighted by atomic mass is 9.92. The Balaban J connectivity index is 1.89. The summed E-state index contributed by atoms with van der Waals surface area (Å²) in [4.78, 5) is 23.9. The largest absolute Gasteiger partial charge is 0.383 e. The molecule has 8 nitrogen and oxygen atoms in total. The molecule has 3 rings (SSSR count). The predicted molar refractivity (Wildman–Crippen MR) is 117 cm³/mol. The molecule has 1 atom stereocenters. The molecule has 0 aromatic heterocycles. The summed E-state index contributed by atoms with van der Waals surface area (Å²) in [7, 11) is -2.30. The van der Waals surface area contributed by atoms with Crippen LogP contribution in [0.1, 0.15) is 30.5 Å². The molecular weight excluding hydrogens is 418 g/mol. The molecule has 0 radical (unpaired) electrons. The molecule has 31 heavy (non-hydrogen) atoms.